The first-order valence-corrected chi connectivity index (χ1v) is 5.66. The number of benzene rings is 1. The number of hydrogen-bond donors (Lipinski definition) is 3. The second-order valence-electron chi connectivity index (χ2n) is 4.08. The minimum absolute atomic E-state index is 0.0442. The van der Waals surface area contributed by atoms with E-state index in [2.05, 4.69) is 10.2 Å². The lowest BCUT2D eigenvalue weighted by Gasteiger charge is -2.34. The quantitative estimate of drug-likeness (QED) is 0.690. The summed E-state index contributed by atoms with van der Waals surface area (Å²) in [5.74, 6) is 0.265. The van der Waals surface area contributed by atoms with Gasteiger partial charge in [0.15, 0.2) is 0 Å². The van der Waals surface area contributed by atoms with Crippen molar-refractivity contribution in [3.05, 3.63) is 29.8 Å². The SMILES string of the molecule is OC[C@@H](c1ccc(O)cc1)N1CCNCC1. The summed E-state index contributed by atoms with van der Waals surface area (Å²) in [5, 5.41) is 22.0. The Balaban J connectivity index is 2.11. The largest absolute Gasteiger partial charge is 0.508 e. The first-order valence-electron chi connectivity index (χ1n) is 5.66. The van der Waals surface area contributed by atoms with E-state index in [1.54, 1.807) is 12.1 Å². The van der Waals surface area contributed by atoms with Gasteiger partial charge in [0.05, 0.1) is 12.6 Å². The van der Waals surface area contributed by atoms with Crippen molar-refractivity contribution in [3.63, 3.8) is 0 Å². The Hall–Kier alpha value is -1.10. The van der Waals surface area contributed by atoms with Crippen molar-refractivity contribution < 1.29 is 10.2 Å². The molecule has 1 aromatic carbocycles. The number of nitrogens with zero attached hydrogens (tertiary/aromatic N) is 1. The first-order chi connectivity index (χ1) is 7.81. The molecule has 1 saturated heterocycles. The summed E-state index contributed by atoms with van der Waals surface area (Å²) in [7, 11) is 0. The average molecular weight is 222 g/mol. The summed E-state index contributed by atoms with van der Waals surface area (Å²) in [6.07, 6.45) is 0. The highest BCUT2D eigenvalue weighted by Gasteiger charge is 2.20. The van der Waals surface area contributed by atoms with Gasteiger partial charge in [0.25, 0.3) is 0 Å². The van der Waals surface area contributed by atoms with Gasteiger partial charge in [-0.25, -0.2) is 0 Å². The molecule has 4 heteroatoms. The number of phenolic OH excluding ortho intramolecular Hbond substituents is 1. The van der Waals surface area contributed by atoms with Crippen molar-refractivity contribution in [1.29, 1.82) is 0 Å². The highest BCUT2D eigenvalue weighted by molar-refractivity contribution is 5.28. The number of rotatable bonds is 3. The molecule has 3 N–H and O–H groups in total. The second-order valence-corrected chi connectivity index (χ2v) is 4.08. The zero-order valence-corrected chi connectivity index (χ0v) is 9.26. The fourth-order valence-corrected chi connectivity index (χ4v) is 2.12. The molecule has 1 fully saturated rings. The van der Waals surface area contributed by atoms with E-state index in [0.29, 0.717) is 0 Å². The molecular weight excluding hydrogens is 204 g/mol. The smallest absolute Gasteiger partial charge is 0.115 e. The maximum atomic E-state index is 9.48. The van der Waals surface area contributed by atoms with Gasteiger partial charge in [-0.2, -0.15) is 0 Å². The molecule has 16 heavy (non-hydrogen) atoms. The van der Waals surface area contributed by atoms with Gasteiger partial charge in [-0.05, 0) is 17.7 Å². The molecule has 1 atom stereocenters. The van der Waals surface area contributed by atoms with Crippen LogP contribution in [0.1, 0.15) is 11.6 Å². The lowest BCUT2D eigenvalue weighted by Crippen LogP contribution is -2.46. The Labute approximate surface area is 95.5 Å². The third kappa shape index (κ3) is 2.52. The van der Waals surface area contributed by atoms with Crippen molar-refractivity contribution >= 4 is 0 Å². The third-order valence-corrected chi connectivity index (χ3v) is 3.04. The van der Waals surface area contributed by atoms with Gasteiger partial charge in [0.2, 0.25) is 0 Å². The molecule has 88 valence electrons. The third-order valence-electron chi connectivity index (χ3n) is 3.04. The molecule has 0 spiro atoms. The van der Waals surface area contributed by atoms with Gasteiger partial charge in [0.1, 0.15) is 5.75 Å². The highest BCUT2D eigenvalue weighted by Crippen LogP contribution is 2.22. The molecular formula is C12H18N2O2. The molecule has 4 nitrogen and oxygen atoms in total. The predicted octanol–water partition coefficient (Wildman–Crippen LogP) is 0.331. The van der Waals surface area contributed by atoms with E-state index in [4.69, 9.17) is 0 Å². The standard InChI is InChI=1S/C12H18N2O2/c15-9-12(14-7-5-13-6-8-14)10-1-3-11(16)4-2-10/h1-4,12-13,15-16H,5-9H2/t12-/m0/s1. The van der Waals surface area contributed by atoms with Crippen LogP contribution in [0, 0.1) is 0 Å². The van der Waals surface area contributed by atoms with E-state index in [9.17, 15) is 10.2 Å². The lowest BCUT2D eigenvalue weighted by atomic mass is 10.1. The van der Waals surface area contributed by atoms with E-state index in [1.165, 1.54) is 0 Å². The summed E-state index contributed by atoms with van der Waals surface area (Å²) < 4.78 is 0. The summed E-state index contributed by atoms with van der Waals surface area (Å²) in [6.45, 7) is 3.95. The predicted molar refractivity (Wildman–Crippen MR) is 62.4 cm³/mol. The van der Waals surface area contributed by atoms with Crippen LogP contribution in [0.5, 0.6) is 5.75 Å². The Kier molecular flexibility index (Phi) is 3.77. The molecule has 0 radical (unpaired) electrons. The van der Waals surface area contributed by atoms with Crippen molar-refractivity contribution in [1.82, 2.24) is 10.2 Å². The first kappa shape index (κ1) is 11.4. The molecule has 1 aliphatic heterocycles. The van der Waals surface area contributed by atoms with Crippen LogP contribution in [0.2, 0.25) is 0 Å². The van der Waals surface area contributed by atoms with Crippen LogP contribution >= 0.6 is 0 Å². The number of hydrogen-bond acceptors (Lipinski definition) is 4. The van der Waals surface area contributed by atoms with Crippen LogP contribution in [0.4, 0.5) is 0 Å². The summed E-state index contributed by atoms with van der Waals surface area (Å²) in [5.41, 5.74) is 1.06. The van der Waals surface area contributed by atoms with Gasteiger partial charge in [-0.3, -0.25) is 4.90 Å². The Morgan fingerprint density at radius 2 is 1.81 bits per heavy atom. The van der Waals surface area contributed by atoms with Crippen LogP contribution in [0.15, 0.2) is 24.3 Å². The molecule has 0 amide bonds. The molecule has 0 saturated carbocycles. The van der Waals surface area contributed by atoms with Crippen LogP contribution < -0.4 is 5.32 Å². The van der Waals surface area contributed by atoms with Crippen LogP contribution in [-0.2, 0) is 0 Å². The Morgan fingerprint density at radius 3 is 2.38 bits per heavy atom. The van der Waals surface area contributed by atoms with Gasteiger partial charge in [-0.15, -0.1) is 0 Å². The Morgan fingerprint density at radius 1 is 1.19 bits per heavy atom. The maximum absolute atomic E-state index is 9.48. The zero-order valence-electron chi connectivity index (χ0n) is 9.26. The number of phenols is 1. The normalized spacial score (nSPS) is 19.6. The van der Waals surface area contributed by atoms with Gasteiger partial charge in [-0.1, -0.05) is 12.1 Å². The maximum Gasteiger partial charge on any atom is 0.115 e. The molecule has 1 aromatic rings. The molecule has 1 aliphatic rings. The van der Waals surface area contributed by atoms with E-state index in [0.717, 1.165) is 31.7 Å². The number of nitrogens with one attached hydrogen (secondary N) is 1. The summed E-state index contributed by atoms with van der Waals surface area (Å²) in [6, 6.07) is 7.12. The van der Waals surface area contributed by atoms with Crippen molar-refractivity contribution in [2.45, 2.75) is 6.04 Å². The van der Waals surface area contributed by atoms with Gasteiger partial charge in [0, 0.05) is 26.2 Å². The molecule has 0 bridgehead atoms. The second kappa shape index (κ2) is 5.30. The minimum atomic E-state index is 0.0442. The number of aromatic hydroxyl groups is 1. The average Bonchev–Trinajstić information content (AvgIpc) is 2.34. The number of piperazine rings is 1. The van der Waals surface area contributed by atoms with E-state index < -0.39 is 0 Å². The minimum Gasteiger partial charge on any atom is -0.508 e. The molecule has 0 aliphatic carbocycles. The fraction of sp³-hybridized carbons (Fsp3) is 0.500. The monoisotopic (exact) mass is 222 g/mol. The molecule has 0 aromatic heterocycles. The summed E-state index contributed by atoms with van der Waals surface area (Å²) >= 11 is 0. The van der Waals surface area contributed by atoms with Crippen LogP contribution in [0.25, 0.3) is 0 Å². The van der Waals surface area contributed by atoms with Gasteiger partial charge < -0.3 is 15.5 Å². The molecule has 1 heterocycles. The zero-order chi connectivity index (χ0) is 11.4. The van der Waals surface area contributed by atoms with E-state index >= 15 is 0 Å². The van der Waals surface area contributed by atoms with Crippen molar-refractivity contribution in [2.75, 3.05) is 32.8 Å². The molecule has 0 unspecified atom stereocenters. The topological polar surface area (TPSA) is 55.7 Å². The summed E-state index contributed by atoms with van der Waals surface area (Å²) in [4.78, 5) is 2.27. The highest BCUT2D eigenvalue weighted by atomic mass is 16.3. The molecule has 2 rings (SSSR count). The lowest BCUT2D eigenvalue weighted by molar-refractivity contribution is 0.111. The van der Waals surface area contributed by atoms with Crippen molar-refractivity contribution in [2.24, 2.45) is 0 Å². The number of aliphatic hydroxyl groups excluding tert-OH is 1. The van der Waals surface area contributed by atoms with Gasteiger partial charge >= 0.3 is 0 Å². The van der Waals surface area contributed by atoms with Crippen LogP contribution in [0.3, 0.4) is 0 Å². The fourth-order valence-electron chi connectivity index (χ4n) is 2.12. The van der Waals surface area contributed by atoms with E-state index in [1.807, 2.05) is 12.1 Å². The van der Waals surface area contributed by atoms with Crippen LogP contribution in [-0.4, -0.2) is 47.9 Å². The van der Waals surface area contributed by atoms with Crippen molar-refractivity contribution in [3.8, 4) is 5.75 Å². The Bertz CT molecular complexity index is 320. The number of aliphatic hydroxyl groups is 1. The van der Waals surface area contributed by atoms with E-state index in [-0.39, 0.29) is 18.4 Å².